The van der Waals surface area contributed by atoms with Crippen LogP contribution in [0.1, 0.15) is 15.9 Å². The van der Waals surface area contributed by atoms with E-state index in [0.717, 1.165) is 10.5 Å². The Balaban J connectivity index is 3.05. The molecule has 0 atom stereocenters. The number of carbonyl (C=O) groups excluding carboxylic acids is 1. The largest absolute Gasteiger partial charge is 0.480 e. The molecule has 0 unspecified atom stereocenters. The van der Waals surface area contributed by atoms with Crippen molar-refractivity contribution in [3.63, 3.8) is 0 Å². The lowest BCUT2D eigenvalue weighted by molar-refractivity contribution is -0.137. The van der Waals surface area contributed by atoms with Gasteiger partial charge in [0.1, 0.15) is 6.54 Å². The highest BCUT2D eigenvalue weighted by Gasteiger charge is 2.19. The van der Waals surface area contributed by atoms with Crippen LogP contribution in [0.5, 0.6) is 0 Å². The van der Waals surface area contributed by atoms with Gasteiger partial charge in [0.05, 0.1) is 12.1 Å². The van der Waals surface area contributed by atoms with Gasteiger partial charge >= 0.3 is 5.97 Å². The molecule has 0 saturated heterocycles. The van der Waals surface area contributed by atoms with Crippen molar-refractivity contribution in [1.29, 1.82) is 0 Å². The van der Waals surface area contributed by atoms with E-state index in [0.29, 0.717) is 10.0 Å². The third-order valence-electron chi connectivity index (χ3n) is 2.25. The fraction of sp³-hybridized carbons (Fsp3) is 0.231. The summed E-state index contributed by atoms with van der Waals surface area (Å²) in [6, 6.07) is 5.29. The van der Waals surface area contributed by atoms with E-state index in [9.17, 15) is 9.59 Å². The molecule has 1 rings (SSSR count). The molecule has 18 heavy (non-hydrogen) atoms. The summed E-state index contributed by atoms with van der Waals surface area (Å²) < 4.78 is 0.616. The van der Waals surface area contributed by atoms with Gasteiger partial charge in [0.25, 0.3) is 5.91 Å². The van der Waals surface area contributed by atoms with E-state index >= 15 is 0 Å². The summed E-state index contributed by atoms with van der Waals surface area (Å²) in [7, 11) is 0. The van der Waals surface area contributed by atoms with Gasteiger partial charge in [0.15, 0.2) is 0 Å². The number of aliphatic carboxylic acids is 1. The SMILES string of the molecule is C#CCN(CC(=O)O)C(=O)c1cc(C)ccc1Br. The molecule has 0 radical (unpaired) electrons. The van der Waals surface area contributed by atoms with Crippen LogP contribution in [0.25, 0.3) is 0 Å². The normalized spacial score (nSPS) is 9.61. The summed E-state index contributed by atoms with van der Waals surface area (Å²) in [4.78, 5) is 24.0. The lowest BCUT2D eigenvalue weighted by Crippen LogP contribution is -2.36. The van der Waals surface area contributed by atoms with Crippen LogP contribution < -0.4 is 0 Å². The van der Waals surface area contributed by atoms with Crippen molar-refractivity contribution < 1.29 is 14.7 Å². The summed E-state index contributed by atoms with van der Waals surface area (Å²) >= 11 is 3.27. The van der Waals surface area contributed by atoms with Gasteiger partial charge in [-0.15, -0.1) is 6.42 Å². The Hall–Kier alpha value is -1.80. The molecule has 0 aliphatic carbocycles. The minimum absolute atomic E-state index is 0.0362. The second-order valence-corrected chi connectivity index (χ2v) is 4.60. The molecule has 0 aliphatic rings. The van der Waals surface area contributed by atoms with Crippen LogP contribution in [-0.4, -0.2) is 35.0 Å². The van der Waals surface area contributed by atoms with Gasteiger partial charge in [0, 0.05) is 4.47 Å². The molecule has 1 aromatic carbocycles. The van der Waals surface area contributed by atoms with Gasteiger partial charge in [-0.2, -0.15) is 0 Å². The quantitative estimate of drug-likeness (QED) is 0.865. The highest BCUT2D eigenvalue weighted by Crippen LogP contribution is 2.19. The first-order chi connectivity index (χ1) is 8.45. The van der Waals surface area contributed by atoms with E-state index in [1.807, 2.05) is 13.0 Å². The molecular weight excluding hydrogens is 298 g/mol. The van der Waals surface area contributed by atoms with E-state index in [1.54, 1.807) is 12.1 Å². The van der Waals surface area contributed by atoms with Crippen LogP contribution in [0, 0.1) is 19.3 Å². The van der Waals surface area contributed by atoms with Crippen molar-refractivity contribution in [2.75, 3.05) is 13.1 Å². The first-order valence-corrected chi connectivity index (χ1v) is 5.95. The van der Waals surface area contributed by atoms with Crippen LogP contribution in [0.3, 0.4) is 0 Å². The molecule has 0 fully saturated rings. The lowest BCUT2D eigenvalue weighted by atomic mass is 10.1. The minimum Gasteiger partial charge on any atom is -0.480 e. The predicted molar refractivity (Wildman–Crippen MR) is 71.3 cm³/mol. The average molecular weight is 310 g/mol. The maximum absolute atomic E-state index is 12.2. The van der Waals surface area contributed by atoms with Crippen LogP contribution in [0.4, 0.5) is 0 Å². The molecule has 0 bridgehead atoms. The fourth-order valence-electron chi connectivity index (χ4n) is 1.45. The zero-order valence-electron chi connectivity index (χ0n) is 9.81. The van der Waals surface area contributed by atoms with Crippen LogP contribution in [0.15, 0.2) is 22.7 Å². The van der Waals surface area contributed by atoms with Crippen molar-refractivity contribution in [2.24, 2.45) is 0 Å². The monoisotopic (exact) mass is 309 g/mol. The van der Waals surface area contributed by atoms with Gasteiger partial charge in [0.2, 0.25) is 0 Å². The topological polar surface area (TPSA) is 57.6 Å². The number of carbonyl (C=O) groups is 2. The standard InChI is InChI=1S/C13H12BrNO3/c1-3-6-15(8-12(16)17)13(18)10-7-9(2)4-5-11(10)14/h1,4-5,7H,6,8H2,2H3,(H,16,17). The van der Waals surface area contributed by atoms with Crippen LogP contribution >= 0.6 is 15.9 Å². The number of carboxylic acid groups (broad SMARTS) is 1. The van der Waals surface area contributed by atoms with Gasteiger partial charge < -0.3 is 10.0 Å². The Morgan fingerprint density at radius 2 is 2.17 bits per heavy atom. The maximum Gasteiger partial charge on any atom is 0.323 e. The predicted octanol–water partition coefficient (Wildman–Crippen LogP) is 1.92. The lowest BCUT2D eigenvalue weighted by Gasteiger charge is -2.18. The highest BCUT2D eigenvalue weighted by molar-refractivity contribution is 9.10. The number of aryl methyl sites for hydroxylation is 1. The molecule has 0 heterocycles. The third kappa shape index (κ3) is 3.60. The summed E-state index contributed by atoms with van der Waals surface area (Å²) in [6.45, 7) is 1.40. The third-order valence-corrected chi connectivity index (χ3v) is 2.94. The van der Waals surface area contributed by atoms with E-state index in [2.05, 4.69) is 21.9 Å². The smallest absolute Gasteiger partial charge is 0.323 e. The summed E-state index contributed by atoms with van der Waals surface area (Å²) in [5, 5.41) is 8.76. The number of hydrogen-bond acceptors (Lipinski definition) is 2. The molecule has 1 amide bonds. The van der Waals surface area contributed by atoms with E-state index in [-0.39, 0.29) is 6.54 Å². The molecular formula is C13H12BrNO3. The van der Waals surface area contributed by atoms with E-state index in [4.69, 9.17) is 11.5 Å². The summed E-state index contributed by atoms with van der Waals surface area (Å²) in [5.41, 5.74) is 1.32. The molecule has 4 nitrogen and oxygen atoms in total. The Morgan fingerprint density at radius 1 is 1.50 bits per heavy atom. The molecule has 94 valence electrons. The molecule has 0 aromatic heterocycles. The Bertz CT molecular complexity index is 519. The average Bonchev–Trinajstić information content (AvgIpc) is 2.30. The highest BCUT2D eigenvalue weighted by atomic mass is 79.9. The van der Waals surface area contributed by atoms with Gasteiger partial charge in [-0.05, 0) is 35.0 Å². The molecule has 5 heteroatoms. The number of benzene rings is 1. The number of rotatable bonds is 4. The minimum atomic E-state index is -1.10. The fourth-order valence-corrected chi connectivity index (χ4v) is 1.86. The number of halogens is 1. The van der Waals surface area contributed by atoms with Crippen LogP contribution in [0.2, 0.25) is 0 Å². The van der Waals surface area contributed by atoms with Gasteiger partial charge in [-0.3, -0.25) is 9.59 Å². The zero-order valence-corrected chi connectivity index (χ0v) is 11.4. The van der Waals surface area contributed by atoms with Crippen molar-refractivity contribution in [3.8, 4) is 12.3 Å². The van der Waals surface area contributed by atoms with E-state index < -0.39 is 18.4 Å². The first-order valence-electron chi connectivity index (χ1n) is 5.16. The molecule has 0 saturated carbocycles. The second kappa shape index (κ2) is 6.22. The molecule has 0 spiro atoms. The Kier molecular flexibility index (Phi) is 4.93. The maximum atomic E-state index is 12.2. The molecule has 0 aliphatic heterocycles. The second-order valence-electron chi connectivity index (χ2n) is 3.74. The number of nitrogens with zero attached hydrogens (tertiary/aromatic N) is 1. The number of carboxylic acids is 1. The van der Waals surface area contributed by atoms with Crippen molar-refractivity contribution in [3.05, 3.63) is 33.8 Å². The molecule has 1 N–H and O–H groups in total. The van der Waals surface area contributed by atoms with Crippen molar-refractivity contribution in [2.45, 2.75) is 6.92 Å². The zero-order chi connectivity index (χ0) is 13.7. The number of hydrogen-bond donors (Lipinski definition) is 1. The summed E-state index contributed by atoms with van der Waals surface area (Å²) in [5.74, 6) is 0.792. The van der Waals surface area contributed by atoms with Crippen LogP contribution in [-0.2, 0) is 4.79 Å². The van der Waals surface area contributed by atoms with Gasteiger partial charge in [-0.25, -0.2) is 0 Å². The summed E-state index contributed by atoms with van der Waals surface area (Å²) in [6.07, 6.45) is 5.14. The first kappa shape index (κ1) is 14.3. The van der Waals surface area contributed by atoms with Gasteiger partial charge in [-0.1, -0.05) is 17.6 Å². The molecule has 1 aromatic rings. The van der Waals surface area contributed by atoms with E-state index in [1.165, 1.54) is 0 Å². The Labute approximate surface area is 114 Å². The van der Waals surface area contributed by atoms with Crippen molar-refractivity contribution >= 4 is 27.8 Å². The number of amides is 1. The number of terminal acetylenes is 1. The van der Waals surface area contributed by atoms with Crippen molar-refractivity contribution in [1.82, 2.24) is 4.90 Å². The Morgan fingerprint density at radius 3 is 2.72 bits per heavy atom.